The summed E-state index contributed by atoms with van der Waals surface area (Å²) < 4.78 is 6.90. The van der Waals surface area contributed by atoms with Crippen molar-refractivity contribution in [2.24, 2.45) is 0 Å². The second-order valence-corrected chi connectivity index (χ2v) is 5.74. The molecule has 0 radical (unpaired) electrons. The van der Waals surface area contributed by atoms with Crippen molar-refractivity contribution in [1.29, 1.82) is 0 Å². The Hall–Kier alpha value is -1.08. The van der Waals surface area contributed by atoms with E-state index in [1.54, 1.807) is 11.3 Å². The third kappa shape index (κ3) is 3.23. The summed E-state index contributed by atoms with van der Waals surface area (Å²) >= 11 is 3.92. The first-order valence-electron chi connectivity index (χ1n) is 5.35. The summed E-state index contributed by atoms with van der Waals surface area (Å²) in [4.78, 5) is 14.5. The van der Waals surface area contributed by atoms with Gasteiger partial charge in [0.25, 0.3) is 0 Å². The number of aromatic nitrogens is 1. The molecule has 0 unspecified atom stereocenters. The van der Waals surface area contributed by atoms with Crippen LogP contribution in [0.4, 0.5) is 0 Å². The lowest BCUT2D eigenvalue weighted by Crippen LogP contribution is -2.06. The highest BCUT2D eigenvalue weighted by Crippen LogP contribution is 2.21. The molecule has 2 heterocycles. The molecule has 0 fully saturated rings. The number of hydrogen-bond donors (Lipinski definition) is 1. The minimum absolute atomic E-state index is 0.246. The third-order valence-corrected chi connectivity index (χ3v) is 4.29. The van der Waals surface area contributed by atoms with Gasteiger partial charge in [0, 0.05) is 20.2 Å². The first kappa shape index (κ1) is 13.4. The summed E-state index contributed by atoms with van der Waals surface area (Å²) in [5.74, 6) is -0.247. The van der Waals surface area contributed by atoms with Gasteiger partial charge in [-0.25, -0.2) is 0 Å². The van der Waals surface area contributed by atoms with Gasteiger partial charge in [-0.3, -0.25) is 4.79 Å². The fraction of sp³-hybridized carbons (Fsp3) is 0.154. The normalized spacial score (nSPS) is 10.1. The van der Waals surface area contributed by atoms with Crippen LogP contribution in [0.15, 0.2) is 35.8 Å². The standard InChI is InChI=1S/C13H12INO2S/c1-17-13(16)8-11-10(14)7-12-9(4-6-18-12)3-2-5-15-11/h2-7,15H,8H2,1H3. The predicted molar refractivity (Wildman–Crippen MR) is 82.2 cm³/mol. The summed E-state index contributed by atoms with van der Waals surface area (Å²) in [5, 5.41) is 3.25. The zero-order valence-corrected chi connectivity index (χ0v) is 12.7. The fourth-order valence-corrected chi connectivity index (χ4v) is 3.20. The van der Waals surface area contributed by atoms with Crippen LogP contribution in [0, 0.1) is 3.57 Å². The van der Waals surface area contributed by atoms with E-state index in [1.807, 2.05) is 18.3 Å². The molecule has 5 heteroatoms. The van der Waals surface area contributed by atoms with Crippen LogP contribution in [0.25, 0.3) is 10.1 Å². The lowest BCUT2D eigenvalue weighted by Gasteiger charge is -2.00. The van der Waals surface area contributed by atoms with Gasteiger partial charge in [-0.1, -0.05) is 6.07 Å². The number of esters is 1. The number of methoxy groups -OCH3 is 1. The zero-order chi connectivity index (χ0) is 13.0. The van der Waals surface area contributed by atoms with Crippen LogP contribution in [0.3, 0.4) is 0 Å². The Kier molecular flexibility index (Phi) is 4.60. The molecule has 3 nitrogen and oxygen atoms in total. The lowest BCUT2D eigenvalue weighted by molar-refractivity contribution is -0.139. The molecule has 94 valence electrons. The van der Waals surface area contributed by atoms with Crippen molar-refractivity contribution < 1.29 is 9.53 Å². The number of carbonyl (C=O) groups excluding carboxylic acids is 1. The SMILES string of the molecule is COC(=O)Cc1[nH]cccc2ccsc2cc1I. The Labute approximate surface area is 123 Å². The molecule has 0 spiro atoms. The summed E-state index contributed by atoms with van der Waals surface area (Å²) in [6.07, 6.45) is 2.08. The van der Waals surface area contributed by atoms with Crippen molar-refractivity contribution in [3.05, 3.63) is 45.1 Å². The second-order valence-electron chi connectivity index (χ2n) is 3.63. The first-order valence-corrected chi connectivity index (χ1v) is 7.30. The van der Waals surface area contributed by atoms with Gasteiger partial charge in [0.1, 0.15) is 0 Å². The van der Waals surface area contributed by atoms with Gasteiger partial charge in [0.05, 0.1) is 13.5 Å². The van der Waals surface area contributed by atoms with Crippen LogP contribution in [0.1, 0.15) is 5.69 Å². The molecule has 1 N–H and O–H groups in total. The average molecular weight is 373 g/mol. The van der Waals surface area contributed by atoms with E-state index < -0.39 is 0 Å². The van der Waals surface area contributed by atoms with Gasteiger partial charge in [0.15, 0.2) is 0 Å². The minimum atomic E-state index is -0.247. The van der Waals surface area contributed by atoms with Gasteiger partial charge in [-0.2, -0.15) is 0 Å². The Balaban J connectivity index is 2.57. The van der Waals surface area contributed by atoms with Crippen molar-refractivity contribution in [1.82, 2.24) is 4.98 Å². The number of ether oxygens (including phenoxy) is 1. The molecule has 2 aromatic rings. The van der Waals surface area contributed by atoms with E-state index in [-0.39, 0.29) is 12.4 Å². The van der Waals surface area contributed by atoms with Crippen molar-refractivity contribution in [3.63, 3.8) is 0 Å². The number of carbonyl (C=O) groups is 1. The number of H-pyrrole nitrogens is 1. The van der Waals surface area contributed by atoms with Gasteiger partial charge in [-0.15, -0.1) is 11.3 Å². The number of nitrogens with one attached hydrogen (secondary N) is 1. The van der Waals surface area contributed by atoms with E-state index in [1.165, 1.54) is 17.2 Å². The number of fused-ring (bicyclic) bond motifs is 1. The Bertz CT molecular complexity index is 616. The van der Waals surface area contributed by atoms with Crippen LogP contribution in [0.2, 0.25) is 0 Å². The van der Waals surface area contributed by atoms with Crippen LogP contribution in [-0.2, 0) is 16.0 Å². The highest BCUT2D eigenvalue weighted by atomic mass is 127. The molecule has 0 saturated heterocycles. The maximum absolute atomic E-state index is 11.4. The third-order valence-electron chi connectivity index (χ3n) is 2.45. The van der Waals surface area contributed by atoms with Crippen LogP contribution < -0.4 is 0 Å². The lowest BCUT2D eigenvalue weighted by atomic mass is 10.3. The molecule has 0 aliphatic rings. The minimum Gasteiger partial charge on any atom is -0.469 e. The molecule has 18 heavy (non-hydrogen) atoms. The highest BCUT2D eigenvalue weighted by molar-refractivity contribution is 14.1. The molecule has 0 bridgehead atoms. The molecule has 2 aromatic heterocycles. The van der Waals surface area contributed by atoms with Gasteiger partial charge < -0.3 is 9.72 Å². The summed E-state index contributed by atoms with van der Waals surface area (Å²) in [5.41, 5.74) is 0.855. The number of rotatable bonds is 2. The average Bonchev–Trinajstić information content (AvgIpc) is 2.80. The molecular formula is C13H12INO2S. The molecule has 2 rings (SSSR count). The number of hydrogen-bond acceptors (Lipinski definition) is 3. The van der Waals surface area contributed by atoms with E-state index in [4.69, 9.17) is 4.74 Å². The molecule has 0 aromatic carbocycles. The molecule has 0 amide bonds. The molecule has 0 atom stereocenters. The van der Waals surface area contributed by atoms with E-state index in [9.17, 15) is 4.79 Å². The monoisotopic (exact) mass is 373 g/mol. The van der Waals surface area contributed by atoms with Gasteiger partial charge >= 0.3 is 5.97 Å². The van der Waals surface area contributed by atoms with E-state index in [0.29, 0.717) is 0 Å². The topological polar surface area (TPSA) is 42.1 Å². The molecule has 0 aliphatic carbocycles. The smallest absolute Gasteiger partial charge is 0.311 e. The maximum atomic E-state index is 11.4. The first-order chi connectivity index (χ1) is 8.70. The highest BCUT2D eigenvalue weighted by Gasteiger charge is 2.05. The number of thiophene rings is 1. The number of halogens is 1. The number of aromatic amines is 1. The molecular weight excluding hydrogens is 361 g/mol. The second kappa shape index (κ2) is 6.19. The summed E-state index contributed by atoms with van der Waals surface area (Å²) in [6, 6.07) is 8.14. The van der Waals surface area contributed by atoms with Crippen LogP contribution >= 0.6 is 33.9 Å². The molecule has 0 saturated carbocycles. The maximum Gasteiger partial charge on any atom is 0.311 e. The van der Waals surface area contributed by atoms with Crippen LogP contribution in [-0.4, -0.2) is 18.1 Å². The van der Waals surface area contributed by atoms with Crippen molar-refractivity contribution in [2.75, 3.05) is 7.11 Å². The van der Waals surface area contributed by atoms with E-state index >= 15 is 0 Å². The van der Waals surface area contributed by atoms with Gasteiger partial charge in [0.2, 0.25) is 0 Å². The Morgan fingerprint density at radius 3 is 3.11 bits per heavy atom. The largest absolute Gasteiger partial charge is 0.469 e. The summed E-state index contributed by atoms with van der Waals surface area (Å²) in [7, 11) is 1.40. The van der Waals surface area contributed by atoms with E-state index in [2.05, 4.69) is 45.1 Å². The fourth-order valence-electron chi connectivity index (χ4n) is 1.51. The quantitative estimate of drug-likeness (QED) is 0.645. The zero-order valence-electron chi connectivity index (χ0n) is 9.77. The predicted octanol–water partition coefficient (Wildman–Crippen LogP) is 3.67. The van der Waals surface area contributed by atoms with Crippen molar-refractivity contribution >= 4 is 50.0 Å². The Morgan fingerprint density at radius 1 is 1.50 bits per heavy atom. The Morgan fingerprint density at radius 2 is 2.33 bits per heavy atom. The van der Waals surface area contributed by atoms with Crippen molar-refractivity contribution in [2.45, 2.75) is 6.42 Å². The molecule has 0 aliphatic heterocycles. The van der Waals surface area contributed by atoms with Crippen molar-refractivity contribution in [3.8, 4) is 0 Å². The van der Waals surface area contributed by atoms with E-state index in [0.717, 1.165) is 9.26 Å². The summed E-state index contributed by atoms with van der Waals surface area (Å²) in [6.45, 7) is 0. The van der Waals surface area contributed by atoms with Gasteiger partial charge in [-0.05, 0) is 51.6 Å². The van der Waals surface area contributed by atoms with Crippen LogP contribution in [0.5, 0.6) is 0 Å².